The summed E-state index contributed by atoms with van der Waals surface area (Å²) in [7, 11) is 2.09. The van der Waals surface area contributed by atoms with E-state index in [1.165, 1.54) is 38.5 Å². The zero-order chi connectivity index (χ0) is 32.6. The van der Waals surface area contributed by atoms with Crippen molar-refractivity contribution in [3.8, 4) is 67.5 Å². The fourth-order valence-electron chi connectivity index (χ4n) is 6.70. The number of hydrogen-bond donors (Lipinski definition) is 0. The first-order valence-electron chi connectivity index (χ1n) is 16.4. The van der Waals surface area contributed by atoms with Gasteiger partial charge in [-0.3, -0.25) is 4.99 Å². The number of rotatable bonds is 6. The van der Waals surface area contributed by atoms with Gasteiger partial charge in [0, 0.05) is 16.7 Å². The van der Waals surface area contributed by atoms with Crippen molar-refractivity contribution in [2.75, 3.05) is 0 Å². The molecule has 0 spiro atoms. The Kier molecular flexibility index (Phi) is 7.21. The standard InChI is InChI=1S/C44H28BN4/c1-3-12-29(13-4-1)42-47-43(30-14-5-2-6-15-30)49-44(48-42)34-19-10-17-32(27-34)36-25-24-35(38-20-7-8-21-39(36)38)31-16-9-18-33(26-31)37-22-11-23-40-41(37)45-28-46-40/h1-28H. The molecule has 0 unspecified atom stereocenters. The van der Waals surface area contributed by atoms with Gasteiger partial charge in [-0.2, -0.15) is 0 Å². The Hall–Kier alpha value is -6.46. The lowest BCUT2D eigenvalue weighted by Crippen LogP contribution is -2.14. The second-order valence-corrected chi connectivity index (χ2v) is 12.1. The highest BCUT2D eigenvalue weighted by molar-refractivity contribution is 6.83. The van der Waals surface area contributed by atoms with E-state index >= 15 is 0 Å². The molecule has 8 aromatic rings. The topological polar surface area (TPSA) is 51.0 Å². The van der Waals surface area contributed by atoms with Crippen LogP contribution in [0.3, 0.4) is 0 Å². The lowest BCUT2D eigenvalue weighted by atomic mass is 9.70. The van der Waals surface area contributed by atoms with Gasteiger partial charge in [0.05, 0.1) is 5.69 Å². The van der Waals surface area contributed by atoms with E-state index in [2.05, 4.69) is 115 Å². The number of benzene rings is 7. The van der Waals surface area contributed by atoms with Crippen LogP contribution in [0.1, 0.15) is 0 Å². The number of aromatic nitrogens is 3. The molecule has 4 nitrogen and oxygen atoms in total. The molecular formula is C44H28BN4. The van der Waals surface area contributed by atoms with E-state index in [-0.39, 0.29) is 0 Å². The summed E-state index contributed by atoms with van der Waals surface area (Å²) in [5.74, 6) is 1.94. The summed E-state index contributed by atoms with van der Waals surface area (Å²) in [4.78, 5) is 19.3. The largest absolute Gasteiger partial charge is 0.272 e. The van der Waals surface area contributed by atoms with Gasteiger partial charge in [0.25, 0.3) is 0 Å². The van der Waals surface area contributed by atoms with Crippen LogP contribution in [0.2, 0.25) is 0 Å². The maximum Gasteiger partial charge on any atom is 0.210 e. The first kappa shape index (κ1) is 28.7. The van der Waals surface area contributed by atoms with Gasteiger partial charge in [0.1, 0.15) is 0 Å². The molecule has 9 rings (SSSR count). The number of fused-ring (bicyclic) bond motifs is 2. The van der Waals surface area contributed by atoms with Crippen LogP contribution in [0.25, 0.3) is 78.3 Å². The van der Waals surface area contributed by atoms with Gasteiger partial charge in [0.2, 0.25) is 7.28 Å². The Labute approximate surface area is 285 Å². The van der Waals surface area contributed by atoms with Crippen molar-refractivity contribution in [1.82, 2.24) is 15.0 Å². The minimum Gasteiger partial charge on any atom is -0.272 e. The van der Waals surface area contributed by atoms with Crippen LogP contribution in [-0.2, 0) is 0 Å². The average molecular weight is 624 g/mol. The second kappa shape index (κ2) is 12.3. The van der Waals surface area contributed by atoms with Crippen molar-refractivity contribution in [2.24, 2.45) is 4.99 Å². The molecule has 0 saturated carbocycles. The lowest BCUT2D eigenvalue weighted by Gasteiger charge is -2.15. The van der Waals surface area contributed by atoms with Gasteiger partial charge >= 0.3 is 0 Å². The van der Waals surface area contributed by atoms with Crippen LogP contribution in [0.5, 0.6) is 0 Å². The molecule has 1 aromatic heterocycles. The van der Waals surface area contributed by atoms with Gasteiger partial charge < -0.3 is 0 Å². The Bertz CT molecular complexity index is 2470. The zero-order valence-corrected chi connectivity index (χ0v) is 26.5. The summed E-state index contributed by atoms with van der Waals surface area (Å²) in [6.45, 7) is 0. The van der Waals surface area contributed by atoms with Gasteiger partial charge in [-0.25, -0.2) is 15.0 Å². The fourth-order valence-corrected chi connectivity index (χ4v) is 6.70. The Morgan fingerprint density at radius 3 is 1.39 bits per heavy atom. The molecule has 7 aromatic carbocycles. The molecule has 0 aliphatic carbocycles. The fraction of sp³-hybridized carbons (Fsp3) is 0. The van der Waals surface area contributed by atoms with Gasteiger partial charge in [-0.15, -0.1) is 0 Å². The molecule has 1 aliphatic heterocycles. The SMILES string of the molecule is [B]1C=Nc2cccc(-c3cccc(-c4ccc(-c5cccc(-c6nc(-c7ccccc7)nc(-c7ccccc7)n6)c5)c5ccccc45)c3)c21. The highest BCUT2D eigenvalue weighted by Gasteiger charge is 2.17. The lowest BCUT2D eigenvalue weighted by molar-refractivity contribution is 1.07. The monoisotopic (exact) mass is 623 g/mol. The predicted molar refractivity (Wildman–Crippen MR) is 203 cm³/mol. The predicted octanol–water partition coefficient (Wildman–Crippen LogP) is 10.0. The summed E-state index contributed by atoms with van der Waals surface area (Å²) in [5, 5.41) is 2.39. The third-order valence-corrected chi connectivity index (χ3v) is 9.08. The first-order valence-corrected chi connectivity index (χ1v) is 16.4. The van der Waals surface area contributed by atoms with E-state index in [1.807, 2.05) is 66.8 Å². The molecule has 227 valence electrons. The quantitative estimate of drug-likeness (QED) is 0.173. The van der Waals surface area contributed by atoms with E-state index in [4.69, 9.17) is 15.0 Å². The van der Waals surface area contributed by atoms with E-state index in [0.717, 1.165) is 33.5 Å². The Morgan fingerprint density at radius 1 is 0.347 bits per heavy atom. The molecule has 0 N–H and O–H groups in total. The van der Waals surface area contributed by atoms with Gasteiger partial charge in [0.15, 0.2) is 17.5 Å². The van der Waals surface area contributed by atoms with E-state index in [9.17, 15) is 0 Å². The molecule has 1 radical (unpaired) electrons. The van der Waals surface area contributed by atoms with Gasteiger partial charge in [-0.05, 0) is 73.9 Å². The summed E-state index contributed by atoms with van der Waals surface area (Å²) >= 11 is 0. The molecule has 0 atom stereocenters. The van der Waals surface area contributed by atoms with Crippen molar-refractivity contribution >= 4 is 35.3 Å². The van der Waals surface area contributed by atoms with Crippen LogP contribution in [0.4, 0.5) is 5.69 Å². The summed E-state index contributed by atoms with van der Waals surface area (Å²) in [5.41, 5.74) is 12.0. The number of hydrogen-bond acceptors (Lipinski definition) is 4. The number of aliphatic imine (C=N–C) groups is 1. The van der Waals surface area contributed by atoms with E-state index in [1.54, 1.807) is 0 Å². The summed E-state index contributed by atoms with van der Waals surface area (Å²) < 4.78 is 0. The molecule has 0 fully saturated rings. The Balaban J connectivity index is 1.14. The average Bonchev–Trinajstić information content (AvgIpc) is 3.68. The van der Waals surface area contributed by atoms with Crippen molar-refractivity contribution in [3.63, 3.8) is 0 Å². The van der Waals surface area contributed by atoms with Crippen LogP contribution in [-0.4, -0.2) is 28.3 Å². The molecular weight excluding hydrogens is 595 g/mol. The number of nitrogens with zero attached hydrogens (tertiary/aromatic N) is 4. The van der Waals surface area contributed by atoms with Gasteiger partial charge in [-0.1, -0.05) is 146 Å². The third-order valence-electron chi connectivity index (χ3n) is 9.08. The summed E-state index contributed by atoms with van der Waals surface area (Å²) in [6, 6.07) is 57.0. The maximum atomic E-state index is 4.97. The van der Waals surface area contributed by atoms with E-state index < -0.39 is 0 Å². The summed E-state index contributed by atoms with van der Waals surface area (Å²) in [6.07, 6.45) is 1.88. The minimum atomic E-state index is 0.641. The van der Waals surface area contributed by atoms with Crippen LogP contribution < -0.4 is 5.46 Å². The van der Waals surface area contributed by atoms with Crippen LogP contribution in [0, 0.1) is 0 Å². The van der Waals surface area contributed by atoms with Crippen molar-refractivity contribution in [1.29, 1.82) is 0 Å². The normalized spacial score (nSPS) is 11.8. The van der Waals surface area contributed by atoms with Crippen molar-refractivity contribution in [2.45, 2.75) is 0 Å². The van der Waals surface area contributed by atoms with Crippen molar-refractivity contribution in [3.05, 3.63) is 164 Å². The maximum absolute atomic E-state index is 4.97. The highest BCUT2D eigenvalue weighted by Crippen LogP contribution is 2.38. The Morgan fingerprint density at radius 2 is 0.796 bits per heavy atom. The van der Waals surface area contributed by atoms with Crippen molar-refractivity contribution < 1.29 is 0 Å². The van der Waals surface area contributed by atoms with E-state index in [0.29, 0.717) is 17.5 Å². The molecule has 0 saturated heterocycles. The molecule has 49 heavy (non-hydrogen) atoms. The molecule has 0 amide bonds. The smallest absolute Gasteiger partial charge is 0.210 e. The molecule has 1 aliphatic rings. The van der Waals surface area contributed by atoms with Crippen LogP contribution >= 0.6 is 0 Å². The van der Waals surface area contributed by atoms with Crippen LogP contribution in [0.15, 0.2) is 169 Å². The zero-order valence-electron chi connectivity index (χ0n) is 26.5. The molecule has 0 bridgehead atoms. The third kappa shape index (κ3) is 5.41. The minimum absolute atomic E-state index is 0.641. The highest BCUT2D eigenvalue weighted by atomic mass is 15.0. The second-order valence-electron chi connectivity index (χ2n) is 12.1. The molecule has 5 heteroatoms. The molecule has 2 heterocycles. The first-order chi connectivity index (χ1) is 24.3.